The molecule has 0 saturated carbocycles. The van der Waals surface area contributed by atoms with Gasteiger partial charge in [0.1, 0.15) is 15.6 Å². The Hall–Kier alpha value is -3.44. The van der Waals surface area contributed by atoms with Crippen LogP contribution in [0.1, 0.15) is 25.7 Å². The highest BCUT2D eigenvalue weighted by Gasteiger charge is 2.40. The van der Waals surface area contributed by atoms with Crippen LogP contribution >= 0.6 is 46.1 Å². The molecule has 36 heavy (non-hydrogen) atoms. The largest absolute Gasteiger partial charge is 0.465 e. The maximum Gasteiger partial charge on any atom is 0.350 e. The molecule has 13 heteroatoms. The van der Waals surface area contributed by atoms with E-state index in [9.17, 15) is 19.2 Å². The fraction of sp³-hybridized carbons (Fsp3) is 0.0870. The van der Waals surface area contributed by atoms with Crippen molar-refractivity contribution in [2.75, 3.05) is 22.6 Å². The van der Waals surface area contributed by atoms with E-state index >= 15 is 0 Å². The number of rotatable bonds is 6. The second-order valence-electron chi connectivity index (χ2n) is 7.29. The average Bonchev–Trinajstić information content (AvgIpc) is 3.32. The van der Waals surface area contributed by atoms with Crippen molar-refractivity contribution in [1.29, 1.82) is 0 Å². The maximum atomic E-state index is 13.0. The highest BCUT2D eigenvalue weighted by atomic mass is 35.5. The van der Waals surface area contributed by atoms with Gasteiger partial charge in [0.2, 0.25) is 0 Å². The quantitative estimate of drug-likeness (QED) is 0.310. The molecule has 0 spiro atoms. The lowest BCUT2D eigenvalue weighted by molar-refractivity contribution is -0.120. The number of hydrogen-bond acceptors (Lipinski definition) is 8. The predicted molar refractivity (Wildman–Crippen MR) is 138 cm³/mol. The van der Waals surface area contributed by atoms with Crippen molar-refractivity contribution in [3.8, 4) is 0 Å². The number of amides is 3. The fourth-order valence-electron chi connectivity index (χ4n) is 3.28. The van der Waals surface area contributed by atoms with Crippen LogP contribution < -0.4 is 15.5 Å². The molecule has 9 nitrogen and oxygen atoms in total. The normalized spacial score (nSPS) is 13.3. The fourth-order valence-corrected chi connectivity index (χ4v) is 4.75. The van der Waals surface area contributed by atoms with Gasteiger partial charge in [-0.3, -0.25) is 19.7 Å². The van der Waals surface area contributed by atoms with Crippen LogP contribution in [0.2, 0.25) is 10.0 Å². The molecule has 0 atom stereocenters. The minimum atomic E-state index is -0.775. The number of anilines is 3. The number of halogens is 3. The molecule has 0 unspecified atom stereocenters. The summed E-state index contributed by atoms with van der Waals surface area (Å²) in [6, 6.07) is 10.7. The summed E-state index contributed by atoms with van der Waals surface area (Å²) >= 11 is 19.4. The van der Waals surface area contributed by atoms with Crippen LogP contribution in [0.3, 0.4) is 0 Å². The van der Waals surface area contributed by atoms with E-state index < -0.39 is 23.7 Å². The van der Waals surface area contributed by atoms with Gasteiger partial charge >= 0.3 is 5.97 Å². The molecular weight excluding hydrogens is 551 g/mol. The number of methoxy groups -OCH3 is 1. The van der Waals surface area contributed by atoms with Crippen LogP contribution in [0.5, 0.6) is 0 Å². The van der Waals surface area contributed by atoms with Crippen molar-refractivity contribution in [1.82, 2.24) is 4.98 Å². The number of esters is 1. The van der Waals surface area contributed by atoms with Crippen LogP contribution in [-0.4, -0.2) is 35.8 Å². The summed E-state index contributed by atoms with van der Waals surface area (Å²) < 4.78 is 4.70. The number of aryl methyl sites for hydroxylation is 1. The van der Waals surface area contributed by atoms with Crippen LogP contribution in [0, 0.1) is 6.92 Å². The van der Waals surface area contributed by atoms with E-state index in [4.69, 9.17) is 39.5 Å². The van der Waals surface area contributed by atoms with Crippen molar-refractivity contribution >= 4 is 86.3 Å². The van der Waals surface area contributed by atoms with E-state index in [1.165, 1.54) is 31.4 Å². The average molecular weight is 566 g/mol. The molecule has 0 aliphatic carbocycles. The van der Waals surface area contributed by atoms with Gasteiger partial charge in [-0.05, 0) is 37.3 Å². The summed E-state index contributed by atoms with van der Waals surface area (Å²) in [6.07, 6.45) is 0. The minimum Gasteiger partial charge on any atom is -0.465 e. The smallest absolute Gasteiger partial charge is 0.350 e. The van der Waals surface area contributed by atoms with Crippen molar-refractivity contribution in [3.05, 3.63) is 79.4 Å². The first kappa shape index (κ1) is 25.6. The molecule has 0 fully saturated rings. The summed E-state index contributed by atoms with van der Waals surface area (Å²) in [5.41, 5.74) is 0.867. The molecular formula is C23H15Cl3N4O5S. The summed E-state index contributed by atoms with van der Waals surface area (Å²) in [5.74, 6) is -2.57. The Balaban J connectivity index is 1.54. The summed E-state index contributed by atoms with van der Waals surface area (Å²) in [4.78, 5) is 55.6. The van der Waals surface area contributed by atoms with E-state index in [0.717, 1.165) is 16.2 Å². The standard InChI is InChI=1S/C23H15Cl3N4O5S/c1-10-18(22(34)35-2)36-23(27-10)29-19(31)11-5-3-6-12(9-11)28-17-16(26)20(32)30(21(17)33)14-8-4-7-13(24)15(14)25/h3-9,28H,1-2H3,(H,27,29,31). The SMILES string of the molecule is COC(=O)c1sc(NC(=O)c2cccc(NC3=C(Cl)C(=O)N(c4cccc(Cl)c4Cl)C3=O)c2)nc1C. The molecule has 2 N–H and O–H groups in total. The highest BCUT2D eigenvalue weighted by Crippen LogP contribution is 2.37. The summed E-state index contributed by atoms with van der Waals surface area (Å²) in [5, 5.41) is 5.49. The maximum absolute atomic E-state index is 13.0. The second-order valence-corrected chi connectivity index (χ2v) is 9.45. The third kappa shape index (κ3) is 4.80. The Bertz CT molecular complexity index is 1470. The number of imide groups is 1. The Morgan fingerprint density at radius 1 is 1.06 bits per heavy atom. The van der Waals surface area contributed by atoms with Gasteiger partial charge < -0.3 is 10.1 Å². The molecule has 1 aliphatic rings. The number of aromatic nitrogens is 1. The third-order valence-corrected chi connectivity index (χ3v) is 7.19. The molecule has 0 radical (unpaired) electrons. The molecule has 1 aromatic heterocycles. The molecule has 4 rings (SSSR count). The molecule has 3 aromatic rings. The van der Waals surface area contributed by atoms with Crippen LogP contribution in [0.25, 0.3) is 0 Å². The van der Waals surface area contributed by atoms with Gasteiger partial charge in [-0.2, -0.15) is 0 Å². The molecule has 1 aliphatic heterocycles. The number of carbonyl (C=O) groups is 4. The Morgan fingerprint density at radius 3 is 2.50 bits per heavy atom. The van der Waals surface area contributed by atoms with Crippen molar-refractivity contribution in [3.63, 3.8) is 0 Å². The zero-order valence-corrected chi connectivity index (χ0v) is 21.6. The third-order valence-electron chi connectivity index (χ3n) is 4.98. The van der Waals surface area contributed by atoms with Crippen LogP contribution in [0.4, 0.5) is 16.5 Å². The number of nitrogens with one attached hydrogen (secondary N) is 2. The number of benzene rings is 2. The molecule has 184 valence electrons. The van der Waals surface area contributed by atoms with Gasteiger partial charge in [0.25, 0.3) is 17.7 Å². The van der Waals surface area contributed by atoms with Gasteiger partial charge in [0.05, 0.1) is 28.5 Å². The topological polar surface area (TPSA) is 118 Å². The Labute approximate surface area is 223 Å². The van der Waals surface area contributed by atoms with Gasteiger partial charge in [-0.15, -0.1) is 0 Å². The molecule has 3 amide bonds. The zero-order chi connectivity index (χ0) is 26.1. The molecule has 0 bridgehead atoms. The lowest BCUT2D eigenvalue weighted by atomic mass is 10.2. The first-order chi connectivity index (χ1) is 17.1. The Kier molecular flexibility index (Phi) is 7.32. The van der Waals surface area contributed by atoms with Crippen molar-refractivity contribution < 1.29 is 23.9 Å². The molecule has 0 saturated heterocycles. The number of nitrogens with zero attached hydrogens (tertiary/aromatic N) is 2. The van der Waals surface area contributed by atoms with E-state index in [1.54, 1.807) is 25.1 Å². The minimum absolute atomic E-state index is 0.0260. The molecule has 2 aromatic carbocycles. The predicted octanol–water partition coefficient (Wildman–Crippen LogP) is 5.23. The highest BCUT2D eigenvalue weighted by molar-refractivity contribution is 7.17. The van der Waals surface area contributed by atoms with Gasteiger partial charge in [-0.1, -0.05) is 58.3 Å². The summed E-state index contributed by atoms with van der Waals surface area (Å²) in [6.45, 7) is 1.63. The van der Waals surface area contributed by atoms with Gasteiger partial charge in [-0.25, -0.2) is 14.7 Å². The number of thiazole rings is 1. The number of carbonyl (C=O) groups excluding carboxylic acids is 4. The van der Waals surface area contributed by atoms with Crippen molar-refractivity contribution in [2.24, 2.45) is 0 Å². The monoisotopic (exact) mass is 564 g/mol. The van der Waals surface area contributed by atoms with Crippen molar-refractivity contribution in [2.45, 2.75) is 6.92 Å². The lowest BCUT2D eigenvalue weighted by Crippen LogP contribution is -2.32. The van der Waals surface area contributed by atoms with Gasteiger partial charge in [0.15, 0.2) is 5.13 Å². The first-order valence-electron chi connectivity index (χ1n) is 10.1. The van der Waals surface area contributed by atoms with Crippen LogP contribution in [-0.2, 0) is 14.3 Å². The second kappa shape index (κ2) is 10.3. The van der Waals surface area contributed by atoms with E-state index in [1.807, 2.05) is 0 Å². The van der Waals surface area contributed by atoms with E-state index in [-0.39, 0.29) is 42.0 Å². The Morgan fingerprint density at radius 2 is 1.78 bits per heavy atom. The van der Waals surface area contributed by atoms with E-state index in [2.05, 4.69) is 15.6 Å². The lowest BCUT2D eigenvalue weighted by Gasteiger charge is -2.17. The molecule has 2 heterocycles. The van der Waals surface area contributed by atoms with Crippen LogP contribution in [0.15, 0.2) is 53.2 Å². The van der Waals surface area contributed by atoms with E-state index in [0.29, 0.717) is 11.4 Å². The van der Waals surface area contributed by atoms with Gasteiger partial charge in [0, 0.05) is 11.3 Å². The number of ether oxygens (including phenoxy) is 1. The summed E-state index contributed by atoms with van der Waals surface area (Å²) in [7, 11) is 1.26. The zero-order valence-electron chi connectivity index (χ0n) is 18.5. The number of hydrogen-bond donors (Lipinski definition) is 2. The first-order valence-corrected chi connectivity index (χ1v) is 12.0.